The third-order valence-corrected chi connectivity index (χ3v) is 3.31. The van der Waals surface area contributed by atoms with Crippen molar-refractivity contribution in [1.29, 1.82) is 5.26 Å². The van der Waals surface area contributed by atoms with Crippen LogP contribution in [0.1, 0.15) is 29.8 Å². The van der Waals surface area contributed by atoms with Crippen molar-refractivity contribution in [2.45, 2.75) is 19.5 Å². The maximum Gasteiger partial charge on any atom is 0.144 e. The van der Waals surface area contributed by atoms with E-state index >= 15 is 0 Å². The Labute approximate surface area is 117 Å². The summed E-state index contributed by atoms with van der Waals surface area (Å²) < 4.78 is 0. The Kier molecular flexibility index (Phi) is 4.51. The molecular formula is C15H14ClN3. The lowest BCUT2D eigenvalue weighted by molar-refractivity contribution is 0.573. The molecule has 0 aliphatic rings. The van der Waals surface area contributed by atoms with Crippen molar-refractivity contribution in [3.05, 3.63) is 64.4 Å². The summed E-state index contributed by atoms with van der Waals surface area (Å²) in [6.07, 6.45) is 1.62. The van der Waals surface area contributed by atoms with Crippen LogP contribution in [0, 0.1) is 11.3 Å². The minimum atomic E-state index is 0.112. The highest BCUT2D eigenvalue weighted by atomic mass is 35.5. The minimum Gasteiger partial charge on any atom is -0.306 e. The fourth-order valence-corrected chi connectivity index (χ4v) is 2.18. The molecule has 0 amide bonds. The summed E-state index contributed by atoms with van der Waals surface area (Å²) in [6, 6.07) is 13.7. The van der Waals surface area contributed by atoms with Gasteiger partial charge in [-0.15, -0.1) is 0 Å². The SMILES string of the molecule is C[C@H](NCc1cccnc1C#N)c1ccccc1Cl. The van der Waals surface area contributed by atoms with Crippen LogP contribution in [0.3, 0.4) is 0 Å². The fraction of sp³-hybridized carbons (Fsp3) is 0.200. The smallest absolute Gasteiger partial charge is 0.144 e. The number of halogens is 1. The molecular weight excluding hydrogens is 258 g/mol. The fourth-order valence-electron chi connectivity index (χ4n) is 1.88. The number of aromatic nitrogens is 1. The van der Waals surface area contributed by atoms with Gasteiger partial charge in [0.2, 0.25) is 0 Å². The van der Waals surface area contributed by atoms with E-state index in [0.29, 0.717) is 12.2 Å². The first-order valence-electron chi connectivity index (χ1n) is 6.04. The van der Waals surface area contributed by atoms with E-state index in [1.807, 2.05) is 43.3 Å². The van der Waals surface area contributed by atoms with Gasteiger partial charge in [-0.25, -0.2) is 4.98 Å². The third kappa shape index (κ3) is 3.31. The number of pyridine rings is 1. The zero-order valence-corrected chi connectivity index (χ0v) is 11.4. The molecule has 2 rings (SSSR count). The highest BCUT2D eigenvalue weighted by Gasteiger charge is 2.09. The van der Waals surface area contributed by atoms with E-state index in [0.717, 1.165) is 16.1 Å². The number of benzene rings is 1. The average molecular weight is 272 g/mol. The predicted molar refractivity (Wildman–Crippen MR) is 75.7 cm³/mol. The lowest BCUT2D eigenvalue weighted by atomic mass is 10.1. The second kappa shape index (κ2) is 6.33. The molecule has 0 radical (unpaired) electrons. The Morgan fingerprint density at radius 2 is 2.11 bits per heavy atom. The summed E-state index contributed by atoms with van der Waals surface area (Å²) in [4.78, 5) is 4.04. The molecule has 2 aromatic rings. The first kappa shape index (κ1) is 13.5. The van der Waals surface area contributed by atoms with E-state index in [2.05, 4.69) is 16.4 Å². The molecule has 96 valence electrons. The molecule has 0 fully saturated rings. The van der Waals surface area contributed by atoms with Gasteiger partial charge in [0.1, 0.15) is 11.8 Å². The van der Waals surface area contributed by atoms with Crippen LogP contribution in [-0.4, -0.2) is 4.98 Å². The number of rotatable bonds is 4. The summed E-state index contributed by atoms with van der Waals surface area (Å²) in [5.41, 5.74) is 2.40. The van der Waals surface area contributed by atoms with Crippen LogP contribution in [-0.2, 0) is 6.54 Å². The molecule has 4 heteroatoms. The largest absolute Gasteiger partial charge is 0.306 e. The van der Waals surface area contributed by atoms with Gasteiger partial charge in [0.25, 0.3) is 0 Å². The number of nitrogens with zero attached hydrogens (tertiary/aromatic N) is 2. The van der Waals surface area contributed by atoms with Crippen LogP contribution in [0.4, 0.5) is 0 Å². The molecule has 0 aliphatic heterocycles. The summed E-state index contributed by atoms with van der Waals surface area (Å²) in [5, 5.41) is 13.1. The first-order chi connectivity index (χ1) is 9.22. The molecule has 1 heterocycles. The Morgan fingerprint density at radius 1 is 1.32 bits per heavy atom. The summed E-state index contributed by atoms with van der Waals surface area (Å²) in [6.45, 7) is 2.63. The van der Waals surface area contributed by atoms with Crippen molar-refractivity contribution in [2.24, 2.45) is 0 Å². The maximum absolute atomic E-state index is 8.98. The summed E-state index contributed by atoms with van der Waals surface area (Å²) >= 11 is 6.15. The van der Waals surface area contributed by atoms with Crippen LogP contribution in [0.2, 0.25) is 5.02 Å². The van der Waals surface area contributed by atoms with Crippen LogP contribution < -0.4 is 5.32 Å². The van der Waals surface area contributed by atoms with Crippen molar-refractivity contribution in [2.75, 3.05) is 0 Å². The molecule has 0 aliphatic carbocycles. The maximum atomic E-state index is 8.98. The highest BCUT2D eigenvalue weighted by Crippen LogP contribution is 2.22. The minimum absolute atomic E-state index is 0.112. The van der Waals surface area contributed by atoms with Gasteiger partial charge in [-0.1, -0.05) is 35.9 Å². The summed E-state index contributed by atoms with van der Waals surface area (Å²) in [7, 11) is 0. The Hall–Kier alpha value is -1.89. The van der Waals surface area contributed by atoms with Crippen molar-refractivity contribution in [3.8, 4) is 6.07 Å². The van der Waals surface area contributed by atoms with Gasteiger partial charge in [-0.05, 0) is 24.6 Å². The lowest BCUT2D eigenvalue weighted by Crippen LogP contribution is -2.19. The second-order valence-electron chi connectivity index (χ2n) is 4.25. The molecule has 1 atom stereocenters. The molecule has 3 nitrogen and oxygen atoms in total. The molecule has 0 unspecified atom stereocenters. The number of nitrogens with one attached hydrogen (secondary N) is 1. The monoisotopic (exact) mass is 271 g/mol. The van der Waals surface area contributed by atoms with Crippen LogP contribution in [0.25, 0.3) is 0 Å². The van der Waals surface area contributed by atoms with Gasteiger partial charge in [0, 0.05) is 29.4 Å². The van der Waals surface area contributed by atoms with E-state index in [1.165, 1.54) is 0 Å². The van der Waals surface area contributed by atoms with E-state index in [1.54, 1.807) is 6.20 Å². The highest BCUT2D eigenvalue weighted by molar-refractivity contribution is 6.31. The molecule has 19 heavy (non-hydrogen) atoms. The molecule has 1 aromatic heterocycles. The molecule has 1 N–H and O–H groups in total. The molecule has 0 bridgehead atoms. The molecule has 0 spiro atoms. The first-order valence-corrected chi connectivity index (χ1v) is 6.42. The molecule has 0 saturated carbocycles. The van der Waals surface area contributed by atoms with Gasteiger partial charge in [-0.2, -0.15) is 5.26 Å². The van der Waals surface area contributed by atoms with Crippen molar-refractivity contribution >= 4 is 11.6 Å². The van der Waals surface area contributed by atoms with Gasteiger partial charge in [0.15, 0.2) is 0 Å². The van der Waals surface area contributed by atoms with Gasteiger partial charge >= 0.3 is 0 Å². The number of hydrogen-bond donors (Lipinski definition) is 1. The van der Waals surface area contributed by atoms with Gasteiger partial charge < -0.3 is 5.32 Å². The topological polar surface area (TPSA) is 48.7 Å². The number of nitriles is 1. The normalized spacial score (nSPS) is 11.8. The Balaban J connectivity index is 2.07. The van der Waals surface area contributed by atoms with Crippen LogP contribution >= 0.6 is 11.6 Å². The van der Waals surface area contributed by atoms with Crippen LogP contribution in [0.5, 0.6) is 0 Å². The van der Waals surface area contributed by atoms with Crippen molar-refractivity contribution in [3.63, 3.8) is 0 Å². The van der Waals surface area contributed by atoms with E-state index in [9.17, 15) is 0 Å². The standard InChI is InChI=1S/C15H14ClN3/c1-11(13-6-2-3-7-14(13)16)19-10-12-5-4-8-18-15(12)9-17/h2-8,11,19H,10H2,1H3/t11-/m0/s1. The second-order valence-corrected chi connectivity index (χ2v) is 4.65. The van der Waals surface area contributed by atoms with E-state index in [-0.39, 0.29) is 6.04 Å². The molecule has 0 saturated heterocycles. The van der Waals surface area contributed by atoms with Crippen molar-refractivity contribution < 1.29 is 0 Å². The van der Waals surface area contributed by atoms with Crippen LogP contribution in [0.15, 0.2) is 42.6 Å². The Bertz CT molecular complexity index is 604. The zero-order valence-electron chi connectivity index (χ0n) is 10.6. The molecule has 1 aromatic carbocycles. The van der Waals surface area contributed by atoms with E-state index < -0.39 is 0 Å². The predicted octanol–water partition coefficient (Wildman–Crippen LogP) is 3.46. The quantitative estimate of drug-likeness (QED) is 0.926. The van der Waals surface area contributed by atoms with E-state index in [4.69, 9.17) is 16.9 Å². The van der Waals surface area contributed by atoms with Gasteiger partial charge in [0.05, 0.1) is 0 Å². The lowest BCUT2D eigenvalue weighted by Gasteiger charge is -2.15. The van der Waals surface area contributed by atoms with Crippen molar-refractivity contribution in [1.82, 2.24) is 10.3 Å². The number of hydrogen-bond acceptors (Lipinski definition) is 3. The third-order valence-electron chi connectivity index (χ3n) is 2.97. The average Bonchev–Trinajstić information content (AvgIpc) is 2.45. The Morgan fingerprint density at radius 3 is 2.84 bits per heavy atom. The summed E-state index contributed by atoms with van der Waals surface area (Å²) in [5.74, 6) is 0. The zero-order chi connectivity index (χ0) is 13.7. The van der Waals surface area contributed by atoms with Gasteiger partial charge in [-0.3, -0.25) is 0 Å².